The van der Waals surface area contributed by atoms with E-state index in [9.17, 15) is 8.78 Å². The molecular weight excluding hydrogens is 244 g/mol. The second-order valence-electron chi connectivity index (χ2n) is 6.12. The summed E-state index contributed by atoms with van der Waals surface area (Å²) in [6, 6.07) is 3.88. The Bertz CT molecular complexity index is 411. The number of rotatable bonds is 3. The van der Waals surface area contributed by atoms with E-state index in [1.807, 2.05) is 0 Å². The summed E-state index contributed by atoms with van der Waals surface area (Å²) in [5, 5.41) is 0. The molecule has 1 saturated carbocycles. The number of nitrogens with two attached hydrogens (primary N) is 1. The molecule has 0 spiro atoms. The largest absolute Gasteiger partial charge is 0.330 e. The molecule has 1 aromatic rings. The monoisotopic (exact) mass is 267 g/mol. The molecule has 106 valence electrons. The standard InChI is InChI=1S/C16H23F2N/c1-10(2)11-3-4-12(9-19)16(7-11)13-5-14(17)8-15(18)6-13/h5-6,8,10-12,16H,3-4,7,9,19H2,1-2H3. The summed E-state index contributed by atoms with van der Waals surface area (Å²) >= 11 is 0. The molecule has 1 aliphatic rings. The predicted octanol–water partition coefficient (Wildman–Crippen LogP) is 4.08. The van der Waals surface area contributed by atoms with Gasteiger partial charge in [-0.2, -0.15) is 0 Å². The first-order valence-corrected chi connectivity index (χ1v) is 7.17. The zero-order valence-corrected chi connectivity index (χ0v) is 11.7. The van der Waals surface area contributed by atoms with E-state index in [-0.39, 0.29) is 5.92 Å². The third-order valence-corrected chi connectivity index (χ3v) is 4.59. The second kappa shape index (κ2) is 6.00. The molecule has 0 saturated heterocycles. The molecule has 3 unspecified atom stereocenters. The van der Waals surface area contributed by atoms with E-state index < -0.39 is 11.6 Å². The smallest absolute Gasteiger partial charge is 0.126 e. The Morgan fingerprint density at radius 2 is 1.79 bits per heavy atom. The maximum absolute atomic E-state index is 13.4. The summed E-state index contributed by atoms with van der Waals surface area (Å²) in [5.41, 5.74) is 6.62. The first-order chi connectivity index (χ1) is 9.01. The molecule has 3 atom stereocenters. The van der Waals surface area contributed by atoms with Crippen LogP contribution in [0.4, 0.5) is 8.78 Å². The molecule has 19 heavy (non-hydrogen) atoms. The van der Waals surface area contributed by atoms with Crippen molar-refractivity contribution in [2.45, 2.75) is 39.0 Å². The van der Waals surface area contributed by atoms with Crippen molar-refractivity contribution in [2.75, 3.05) is 6.54 Å². The summed E-state index contributed by atoms with van der Waals surface area (Å²) in [5.74, 6) is 0.793. The Kier molecular flexibility index (Phi) is 4.56. The van der Waals surface area contributed by atoms with Gasteiger partial charge in [0.05, 0.1) is 0 Å². The highest BCUT2D eigenvalue weighted by molar-refractivity contribution is 5.23. The van der Waals surface area contributed by atoms with Crippen LogP contribution in [0.15, 0.2) is 18.2 Å². The zero-order valence-electron chi connectivity index (χ0n) is 11.7. The highest BCUT2D eigenvalue weighted by Crippen LogP contribution is 2.42. The highest BCUT2D eigenvalue weighted by Gasteiger charge is 2.32. The minimum Gasteiger partial charge on any atom is -0.330 e. The minimum absolute atomic E-state index is 0.191. The van der Waals surface area contributed by atoms with Crippen molar-refractivity contribution in [3.63, 3.8) is 0 Å². The van der Waals surface area contributed by atoms with Gasteiger partial charge >= 0.3 is 0 Å². The van der Waals surface area contributed by atoms with Crippen LogP contribution in [-0.2, 0) is 0 Å². The summed E-state index contributed by atoms with van der Waals surface area (Å²) < 4.78 is 26.8. The van der Waals surface area contributed by atoms with Crippen LogP contribution in [0.1, 0.15) is 44.6 Å². The first kappa shape index (κ1) is 14.4. The van der Waals surface area contributed by atoms with E-state index in [0.717, 1.165) is 24.5 Å². The summed E-state index contributed by atoms with van der Waals surface area (Å²) in [7, 11) is 0. The predicted molar refractivity (Wildman–Crippen MR) is 73.8 cm³/mol. The van der Waals surface area contributed by atoms with Crippen molar-refractivity contribution in [3.8, 4) is 0 Å². The van der Waals surface area contributed by atoms with Crippen LogP contribution in [-0.4, -0.2) is 6.54 Å². The van der Waals surface area contributed by atoms with Crippen molar-refractivity contribution in [2.24, 2.45) is 23.5 Å². The summed E-state index contributed by atoms with van der Waals surface area (Å²) in [4.78, 5) is 0. The molecule has 0 heterocycles. The molecule has 1 aromatic carbocycles. The molecule has 1 nitrogen and oxygen atoms in total. The lowest BCUT2D eigenvalue weighted by atomic mass is 9.68. The van der Waals surface area contributed by atoms with E-state index in [0.29, 0.717) is 24.3 Å². The highest BCUT2D eigenvalue weighted by atomic mass is 19.1. The van der Waals surface area contributed by atoms with E-state index in [2.05, 4.69) is 13.8 Å². The van der Waals surface area contributed by atoms with Gasteiger partial charge in [0, 0.05) is 6.07 Å². The topological polar surface area (TPSA) is 26.0 Å². The van der Waals surface area contributed by atoms with Crippen LogP contribution in [0, 0.1) is 29.4 Å². The molecule has 0 aliphatic heterocycles. The SMILES string of the molecule is CC(C)C1CCC(CN)C(c2cc(F)cc(F)c2)C1. The Balaban J connectivity index is 2.26. The molecule has 2 N–H and O–H groups in total. The molecule has 0 bridgehead atoms. The van der Waals surface area contributed by atoms with Gasteiger partial charge in [-0.1, -0.05) is 13.8 Å². The minimum atomic E-state index is -0.488. The van der Waals surface area contributed by atoms with Gasteiger partial charge in [-0.05, 0) is 67.2 Å². The maximum Gasteiger partial charge on any atom is 0.126 e. The molecule has 0 radical (unpaired) electrons. The van der Waals surface area contributed by atoms with Crippen LogP contribution < -0.4 is 5.73 Å². The van der Waals surface area contributed by atoms with Crippen molar-refractivity contribution >= 4 is 0 Å². The molecule has 2 rings (SSSR count). The van der Waals surface area contributed by atoms with Gasteiger partial charge in [-0.15, -0.1) is 0 Å². The third kappa shape index (κ3) is 3.33. The Labute approximate surface area is 114 Å². The summed E-state index contributed by atoms with van der Waals surface area (Å²) in [6.45, 7) is 5.03. The number of hydrogen-bond donors (Lipinski definition) is 1. The fraction of sp³-hybridized carbons (Fsp3) is 0.625. The third-order valence-electron chi connectivity index (χ3n) is 4.59. The fourth-order valence-electron chi connectivity index (χ4n) is 3.35. The molecule has 3 heteroatoms. The maximum atomic E-state index is 13.4. The lowest BCUT2D eigenvalue weighted by Gasteiger charge is -2.37. The lowest BCUT2D eigenvalue weighted by molar-refractivity contribution is 0.197. The van der Waals surface area contributed by atoms with Crippen molar-refractivity contribution in [3.05, 3.63) is 35.4 Å². The van der Waals surface area contributed by atoms with E-state index >= 15 is 0 Å². The zero-order chi connectivity index (χ0) is 14.0. The lowest BCUT2D eigenvalue weighted by Crippen LogP contribution is -2.30. The van der Waals surface area contributed by atoms with E-state index in [1.54, 1.807) is 0 Å². The number of hydrogen-bond acceptors (Lipinski definition) is 1. The van der Waals surface area contributed by atoms with Gasteiger partial charge in [-0.25, -0.2) is 8.78 Å². The Morgan fingerprint density at radius 1 is 1.16 bits per heavy atom. The first-order valence-electron chi connectivity index (χ1n) is 7.17. The quantitative estimate of drug-likeness (QED) is 0.877. The van der Waals surface area contributed by atoms with Crippen LogP contribution >= 0.6 is 0 Å². The average molecular weight is 267 g/mol. The van der Waals surface area contributed by atoms with Crippen molar-refractivity contribution < 1.29 is 8.78 Å². The second-order valence-corrected chi connectivity index (χ2v) is 6.12. The van der Waals surface area contributed by atoms with Gasteiger partial charge in [0.25, 0.3) is 0 Å². The molecule has 0 aromatic heterocycles. The van der Waals surface area contributed by atoms with Gasteiger partial charge in [-0.3, -0.25) is 0 Å². The van der Waals surface area contributed by atoms with E-state index in [1.165, 1.54) is 18.6 Å². The molecule has 1 aliphatic carbocycles. The molecule has 1 fully saturated rings. The average Bonchev–Trinajstić information content (AvgIpc) is 2.36. The normalized spacial score (nSPS) is 27.8. The Hall–Kier alpha value is -0.960. The van der Waals surface area contributed by atoms with Crippen LogP contribution in [0.2, 0.25) is 0 Å². The molecule has 0 amide bonds. The van der Waals surface area contributed by atoms with Crippen LogP contribution in [0.25, 0.3) is 0 Å². The summed E-state index contributed by atoms with van der Waals surface area (Å²) in [6.07, 6.45) is 3.22. The van der Waals surface area contributed by atoms with Crippen LogP contribution in [0.3, 0.4) is 0 Å². The van der Waals surface area contributed by atoms with Gasteiger partial charge in [0.2, 0.25) is 0 Å². The number of benzene rings is 1. The molecular formula is C16H23F2N. The van der Waals surface area contributed by atoms with Gasteiger partial charge in [0.1, 0.15) is 11.6 Å². The van der Waals surface area contributed by atoms with Gasteiger partial charge in [0.15, 0.2) is 0 Å². The fourth-order valence-corrected chi connectivity index (χ4v) is 3.35. The van der Waals surface area contributed by atoms with Crippen LogP contribution in [0.5, 0.6) is 0 Å². The number of halogens is 2. The van der Waals surface area contributed by atoms with Crippen molar-refractivity contribution in [1.82, 2.24) is 0 Å². The van der Waals surface area contributed by atoms with Crippen molar-refractivity contribution in [1.29, 1.82) is 0 Å². The van der Waals surface area contributed by atoms with E-state index in [4.69, 9.17) is 5.73 Å². The Morgan fingerprint density at radius 3 is 2.32 bits per heavy atom. The van der Waals surface area contributed by atoms with Gasteiger partial charge < -0.3 is 5.73 Å².